The molecule has 1 aliphatic rings. The number of nitrogens with zero attached hydrogens (tertiary/aromatic N) is 1. The summed E-state index contributed by atoms with van der Waals surface area (Å²) >= 11 is 6.18. The Balaban J connectivity index is 1.66. The molecule has 1 heterocycles. The average Bonchev–Trinajstić information content (AvgIpc) is 3.08. The number of hydrogen-bond acceptors (Lipinski definition) is 3. The average molecular weight is 401 g/mol. The Labute approximate surface area is 167 Å². The molecule has 4 N–H and O–H groups in total. The normalized spacial score (nSPS) is 14.6. The van der Waals surface area contributed by atoms with Gasteiger partial charge in [0.2, 0.25) is 11.8 Å². The molecule has 0 saturated carbocycles. The first-order valence-electron chi connectivity index (χ1n) is 8.94. The van der Waals surface area contributed by atoms with E-state index < -0.39 is 12.1 Å². The lowest BCUT2D eigenvalue weighted by Crippen LogP contribution is -2.35. The SMILES string of the molecule is NC(=O)N[C@@H](CC(=O)Nc1ccc(N2CCCC2=O)cc1)c1ccccc1Cl. The number of carbonyl (C=O) groups excluding carboxylic acids is 3. The van der Waals surface area contributed by atoms with Gasteiger partial charge in [-0.05, 0) is 42.3 Å². The van der Waals surface area contributed by atoms with Gasteiger partial charge in [-0.15, -0.1) is 0 Å². The fourth-order valence-corrected chi connectivity index (χ4v) is 3.48. The van der Waals surface area contributed by atoms with Gasteiger partial charge in [-0.25, -0.2) is 4.79 Å². The maximum atomic E-state index is 12.5. The van der Waals surface area contributed by atoms with Crippen molar-refractivity contribution >= 4 is 40.8 Å². The summed E-state index contributed by atoms with van der Waals surface area (Å²) in [6, 6.07) is 12.6. The van der Waals surface area contributed by atoms with Crippen LogP contribution in [0.2, 0.25) is 5.02 Å². The van der Waals surface area contributed by atoms with Crippen LogP contribution in [0.4, 0.5) is 16.2 Å². The van der Waals surface area contributed by atoms with Crippen molar-refractivity contribution in [3.63, 3.8) is 0 Å². The number of urea groups is 1. The van der Waals surface area contributed by atoms with E-state index in [9.17, 15) is 14.4 Å². The van der Waals surface area contributed by atoms with Crippen LogP contribution >= 0.6 is 11.6 Å². The number of carbonyl (C=O) groups is 3. The van der Waals surface area contributed by atoms with E-state index >= 15 is 0 Å². The van der Waals surface area contributed by atoms with Crippen LogP contribution in [0, 0.1) is 0 Å². The molecule has 28 heavy (non-hydrogen) atoms. The van der Waals surface area contributed by atoms with E-state index in [0.717, 1.165) is 12.1 Å². The Morgan fingerprint density at radius 3 is 2.46 bits per heavy atom. The highest BCUT2D eigenvalue weighted by molar-refractivity contribution is 6.31. The monoisotopic (exact) mass is 400 g/mol. The Morgan fingerprint density at radius 1 is 1.14 bits per heavy atom. The zero-order chi connectivity index (χ0) is 20.1. The van der Waals surface area contributed by atoms with Gasteiger partial charge in [0.15, 0.2) is 0 Å². The van der Waals surface area contributed by atoms with Crippen LogP contribution in [-0.4, -0.2) is 24.4 Å². The van der Waals surface area contributed by atoms with Gasteiger partial charge in [0.25, 0.3) is 0 Å². The molecule has 0 aromatic heterocycles. The third kappa shape index (κ3) is 4.80. The molecule has 0 bridgehead atoms. The number of anilines is 2. The predicted molar refractivity (Wildman–Crippen MR) is 108 cm³/mol. The molecule has 1 atom stereocenters. The zero-order valence-corrected chi connectivity index (χ0v) is 15.9. The standard InChI is InChI=1S/C20H21ClN4O3/c21-16-5-2-1-4-15(16)17(24-20(22)28)12-18(26)23-13-7-9-14(10-8-13)25-11-3-6-19(25)27/h1-2,4-5,7-10,17H,3,6,11-12H2,(H,23,26)(H3,22,24,28)/t17-/m0/s1. The number of benzene rings is 2. The number of nitrogens with one attached hydrogen (secondary N) is 2. The Kier molecular flexibility index (Phi) is 6.16. The summed E-state index contributed by atoms with van der Waals surface area (Å²) in [6.07, 6.45) is 1.39. The molecule has 1 saturated heterocycles. The first-order chi connectivity index (χ1) is 13.4. The van der Waals surface area contributed by atoms with E-state index in [-0.39, 0.29) is 18.2 Å². The molecule has 1 fully saturated rings. The van der Waals surface area contributed by atoms with Crippen LogP contribution in [0.25, 0.3) is 0 Å². The largest absolute Gasteiger partial charge is 0.352 e. The van der Waals surface area contributed by atoms with Gasteiger partial charge in [0.1, 0.15) is 0 Å². The van der Waals surface area contributed by atoms with Crippen molar-refractivity contribution in [3.8, 4) is 0 Å². The van der Waals surface area contributed by atoms with Crippen molar-refractivity contribution in [1.29, 1.82) is 0 Å². The molecule has 0 spiro atoms. The van der Waals surface area contributed by atoms with Gasteiger partial charge in [-0.2, -0.15) is 0 Å². The zero-order valence-electron chi connectivity index (χ0n) is 15.2. The van der Waals surface area contributed by atoms with Crippen molar-refractivity contribution in [2.24, 2.45) is 5.73 Å². The molecule has 8 heteroatoms. The summed E-state index contributed by atoms with van der Waals surface area (Å²) in [5, 5.41) is 5.78. The minimum Gasteiger partial charge on any atom is -0.352 e. The third-order valence-electron chi connectivity index (χ3n) is 4.52. The smallest absolute Gasteiger partial charge is 0.312 e. The molecule has 7 nitrogen and oxygen atoms in total. The van der Waals surface area contributed by atoms with Crippen molar-refractivity contribution in [3.05, 3.63) is 59.1 Å². The van der Waals surface area contributed by atoms with E-state index in [2.05, 4.69) is 10.6 Å². The topological polar surface area (TPSA) is 105 Å². The molecule has 2 aromatic carbocycles. The summed E-state index contributed by atoms with van der Waals surface area (Å²) < 4.78 is 0. The summed E-state index contributed by atoms with van der Waals surface area (Å²) in [5.74, 6) is -0.194. The number of amides is 4. The Hall–Kier alpha value is -3.06. The van der Waals surface area contributed by atoms with Crippen LogP contribution in [0.5, 0.6) is 0 Å². The van der Waals surface area contributed by atoms with Crippen LogP contribution in [0.3, 0.4) is 0 Å². The molecule has 146 valence electrons. The second-order valence-corrected chi connectivity index (χ2v) is 6.94. The van der Waals surface area contributed by atoms with Gasteiger partial charge in [0.05, 0.1) is 12.5 Å². The van der Waals surface area contributed by atoms with Crippen molar-refractivity contribution in [2.75, 3.05) is 16.8 Å². The summed E-state index contributed by atoms with van der Waals surface area (Å²) in [4.78, 5) is 37.3. The number of halogens is 1. The lowest BCUT2D eigenvalue weighted by atomic mass is 10.0. The van der Waals surface area contributed by atoms with Crippen LogP contribution in [-0.2, 0) is 9.59 Å². The molecule has 1 aliphatic heterocycles. The second-order valence-electron chi connectivity index (χ2n) is 6.53. The molecule has 4 amide bonds. The maximum Gasteiger partial charge on any atom is 0.312 e. The van der Waals surface area contributed by atoms with Gasteiger partial charge in [-0.3, -0.25) is 9.59 Å². The number of nitrogens with two attached hydrogens (primary N) is 1. The highest BCUT2D eigenvalue weighted by Crippen LogP contribution is 2.26. The van der Waals surface area contributed by atoms with Gasteiger partial charge in [0, 0.05) is 29.4 Å². The molecular weight excluding hydrogens is 380 g/mol. The van der Waals surface area contributed by atoms with Crippen molar-refractivity contribution < 1.29 is 14.4 Å². The van der Waals surface area contributed by atoms with E-state index in [1.807, 2.05) is 0 Å². The van der Waals surface area contributed by atoms with Crippen LogP contribution in [0.15, 0.2) is 48.5 Å². The molecule has 2 aromatic rings. The van der Waals surface area contributed by atoms with Crippen molar-refractivity contribution in [1.82, 2.24) is 5.32 Å². The Morgan fingerprint density at radius 2 is 1.86 bits per heavy atom. The van der Waals surface area contributed by atoms with Gasteiger partial charge >= 0.3 is 6.03 Å². The molecule has 3 rings (SSSR count). The first-order valence-corrected chi connectivity index (χ1v) is 9.32. The number of primary amides is 1. The van der Waals surface area contributed by atoms with E-state index in [0.29, 0.717) is 29.2 Å². The molecular formula is C20H21ClN4O3. The predicted octanol–water partition coefficient (Wildman–Crippen LogP) is 3.21. The fraction of sp³-hybridized carbons (Fsp3) is 0.250. The second kappa shape index (κ2) is 8.75. The van der Waals surface area contributed by atoms with E-state index in [1.165, 1.54) is 0 Å². The highest BCUT2D eigenvalue weighted by atomic mass is 35.5. The Bertz CT molecular complexity index is 885. The van der Waals surface area contributed by atoms with E-state index in [1.54, 1.807) is 53.4 Å². The first kappa shape index (κ1) is 19.7. The van der Waals surface area contributed by atoms with Gasteiger partial charge in [-0.1, -0.05) is 29.8 Å². The minimum atomic E-state index is -0.739. The lowest BCUT2D eigenvalue weighted by Gasteiger charge is -2.19. The number of rotatable bonds is 6. The lowest BCUT2D eigenvalue weighted by molar-refractivity contribution is -0.117. The van der Waals surface area contributed by atoms with E-state index in [4.69, 9.17) is 17.3 Å². The highest BCUT2D eigenvalue weighted by Gasteiger charge is 2.22. The minimum absolute atomic E-state index is 0.0287. The quantitative estimate of drug-likeness (QED) is 0.693. The van der Waals surface area contributed by atoms with Crippen LogP contribution in [0.1, 0.15) is 30.9 Å². The molecule has 0 unspecified atom stereocenters. The van der Waals surface area contributed by atoms with Gasteiger partial charge < -0.3 is 21.3 Å². The number of hydrogen-bond donors (Lipinski definition) is 3. The third-order valence-corrected chi connectivity index (χ3v) is 4.87. The summed E-state index contributed by atoms with van der Waals surface area (Å²) in [5.41, 5.74) is 7.26. The molecule has 0 aliphatic carbocycles. The van der Waals surface area contributed by atoms with Crippen LogP contribution < -0.4 is 21.3 Å². The summed E-state index contributed by atoms with van der Waals surface area (Å²) in [7, 11) is 0. The summed E-state index contributed by atoms with van der Waals surface area (Å²) in [6.45, 7) is 0.711. The fourth-order valence-electron chi connectivity index (χ4n) is 3.21. The molecule has 0 radical (unpaired) electrons. The van der Waals surface area contributed by atoms with Crippen molar-refractivity contribution in [2.45, 2.75) is 25.3 Å². The maximum absolute atomic E-state index is 12.5.